The lowest BCUT2D eigenvalue weighted by Crippen LogP contribution is -2.52. The number of nitrogens with zero attached hydrogens (tertiary/aromatic N) is 3. The predicted octanol–water partition coefficient (Wildman–Crippen LogP) is 2.52. The number of hydrogen-bond donors (Lipinski definition) is 2. The third-order valence-corrected chi connectivity index (χ3v) is 4.47. The van der Waals surface area contributed by atoms with Gasteiger partial charge in [-0.1, -0.05) is 24.5 Å². The highest BCUT2D eigenvalue weighted by atomic mass is 16.6. The first-order chi connectivity index (χ1) is 11.3. The number of alkyl carbamates (subject to hydrolysis) is 1. The number of ether oxygens (including phenoxy) is 1. The number of hydrogen-bond acceptors (Lipinski definition) is 5. The molecule has 0 saturated heterocycles. The molecule has 0 aromatic carbocycles. The van der Waals surface area contributed by atoms with Crippen molar-refractivity contribution < 1.29 is 9.53 Å². The van der Waals surface area contributed by atoms with E-state index >= 15 is 0 Å². The minimum absolute atomic E-state index is 0.154. The highest BCUT2D eigenvalue weighted by molar-refractivity contribution is 5.68. The molecule has 0 radical (unpaired) electrons. The zero-order valence-corrected chi connectivity index (χ0v) is 15.4. The van der Waals surface area contributed by atoms with E-state index in [1.165, 1.54) is 6.42 Å². The molecular formula is C17H31N5O2. The third kappa shape index (κ3) is 5.78. The fourth-order valence-electron chi connectivity index (χ4n) is 3.20. The molecule has 1 fully saturated rings. The van der Waals surface area contributed by atoms with Crippen LogP contribution in [0.4, 0.5) is 4.79 Å². The van der Waals surface area contributed by atoms with Crippen molar-refractivity contribution in [1.82, 2.24) is 25.6 Å². The van der Waals surface area contributed by atoms with Crippen molar-refractivity contribution in [3.05, 3.63) is 11.9 Å². The normalized spacial score (nSPS) is 17.5. The minimum atomic E-state index is -0.468. The number of aromatic nitrogens is 3. The minimum Gasteiger partial charge on any atom is -0.444 e. The van der Waals surface area contributed by atoms with E-state index in [9.17, 15) is 4.79 Å². The van der Waals surface area contributed by atoms with Gasteiger partial charge in [0, 0.05) is 19.1 Å². The predicted molar refractivity (Wildman–Crippen MR) is 92.5 cm³/mol. The maximum atomic E-state index is 12.2. The molecule has 136 valence electrons. The summed E-state index contributed by atoms with van der Waals surface area (Å²) < 4.78 is 7.22. The molecule has 24 heavy (non-hydrogen) atoms. The molecular weight excluding hydrogens is 306 g/mol. The Labute approximate surface area is 144 Å². The molecule has 7 heteroatoms. The van der Waals surface area contributed by atoms with Crippen LogP contribution in [0.25, 0.3) is 0 Å². The first kappa shape index (κ1) is 18.7. The topological polar surface area (TPSA) is 81.1 Å². The molecule has 1 aliphatic carbocycles. The van der Waals surface area contributed by atoms with Gasteiger partial charge in [0.25, 0.3) is 0 Å². The van der Waals surface area contributed by atoms with Crippen molar-refractivity contribution in [2.24, 2.45) is 7.05 Å². The molecule has 0 bridgehead atoms. The SMILES string of the molecule is Cn1nncc1CNCCC1(NC(=O)OC(C)(C)C)CCCCC1. The maximum Gasteiger partial charge on any atom is 0.408 e. The Hall–Kier alpha value is -1.63. The van der Waals surface area contributed by atoms with Gasteiger partial charge in [-0.15, -0.1) is 5.10 Å². The van der Waals surface area contributed by atoms with Gasteiger partial charge in [0.1, 0.15) is 5.60 Å². The lowest BCUT2D eigenvalue weighted by molar-refractivity contribution is 0.0416. The van der Waals surface area contributed by atoms with Crippen molar-refractivity contribution >= 4 is 6.09 Å². The monoisotopic (exact) mass is 337 g/mol. The van der Waals surface area contributed by atoms with Crippen molar-refractivity contribution in [2.45, 2.75) is 77.0 Å². The highest BCUT2D eigenvalue weighted by Crippen LogP contribution is 2.31. The van der Waals surface area contributed by atoms with Crippen molar-refractivity contribution in [3.8, 4) is 0 Å². The van der Waals surface area contributed by atoms with Gasteiger partial charge in [-0.25, -0.2) is 4.79 Å². The molecule has 2 N–H and O–H groups in total. The van der Waals surface area contributed by atoms with Crippen LogP contribution in [0, 0.1) is 0 Å². The summed E-state index contributed by atoms with van der Waals surface area (Å²) in [5.74, 6) is 0. The van der Waals surface area contributed by atoms with Gasteiger partial charge >= 0.3 is 6.09 Å². The number of carbonyl (C=O) groups excluding carboxylic acids is 1. The molecule has 0 spiro atoms. The molecule has 0 unspecified atom stereocenters. The van der Waals surface area contributed by atoms with E-state index in [2.05, 4.69) is 20.9 Å². The van der Waals surface area contributed by atoms with Gasteiger partial charge in [0.05, 0.1) is 11.9 Å². The Morgan fingerprint density at radius 3 is 2.62 bits per heavy atom. The summed E-state index contributed by atoms with van der Waals surface area (Å²) in [5, 5.41) is 14.4. The average Bonchev–Trinajstić information content (AvgIpc) is 2.88. The van der Waals surface area contributed by atoms with E-state index in [1.807, 2.05) is 27.8 Å². The van der Waals surface area contributed by atoms with Gasteiger partial charge in [-0.05, 0) is 46.6 Å². The lowest BCUT2D eigenvalue weighted by Gasteiger charge is -2.38. The molecule has 1 saturated carbocycles. The van der Waals surface area contributed by atoms with Crippen LogP contribution in [0.15, 0.2) is 6.20 Å². The number of rotatable bonds is 6. The molecule has 1 aromatic heterocycles. The summed E-state index contributed by atoms with van der Waals surface area (Å²) in [6.07, 6.45) is 7.94. The Kier molecular flexibility index (Phi) is 6.21. The van der Waals surface area contributed by atoms with E-state index in [0.717, 1.165) is 50.9 Å². The van der Waals surface area contributed by atoms with Crippen molar-refractivity contribution in [2.75, 3.05) is 6.54 Å². The first-order valence-corrected chi connectivity index (χ1v) is 8.85. The Bertz CT molecular complexity index is 529. The fraction of sp³-hybridized carbons (Fsp3) is 0.824. The first-order valence-electron chi connectivity index (χ1n) is 8.85. The van der Waals surface area contributed by atoms with Gasteiger partial charge in [0.15, 0.2) is 0 Å². The number of nitrogens with one attached hydrogen (secondary N) is 2. The zero-order chi connectivity index (χ0) is 17.6. The molecule has 1 heterocycles. The molecule has 7 nitrogen and oxygen atoms in total. The van der Waals surface area contributed by atoms with Crippen LogP contribution in [0.1, 0.15) is 65.0 Å². The summed E-state index contributed by atoms with van der Waals surface area (Å²) in [6, 6.07) is 0. The van der Waals surface area contributed by atoms with E-state index in [4.69, 9.17) is 4.74 Å². The molecule has 1 amide bonds. The van der Waals surface area contributed by atoms with Gasteiger partial charge < -0.3 is 15.4 Å². The summed E-state index contributed by atoms with van der Waals surface area (Å²) >= 11 is 0. The second kappa shape index (κ2) is 7.96. The van der Waals surface area contributed by atoms with Gasteiger partial charge in [0.2, 0.25) is 0 Å². The van der Waals surface area contributed by atoms with Crippen LogP contribution in [-0.4, -0.2) is 38.8 Å². The van der Waals surface area contributed by atoms with E-state index in [1.54, 1.807) is 10.9 Å². The molecule has 1 aliphatic rings. The second-order valence-electron chi connectivity index (χ2n) is 7.74. The molecule has 1 aromatic rings. The smallest absolute Gasteiger partial charge is 0.408 e. The number of aryl methyl sites for hydroxylation is 1. The van der Waals surface area contributed by atoms with Crippen LogP contribution in [0.5, 0.6) is 0 Å². The van der Waals surface area contributed by atoms with Crippen LogP contribution in [0.3, 0.4) is 0 Å². The molecule has 0 aliphatic heterocycles. The van der Waals surface area contributed by atoms with E-state index in [0.29, 0.717) is 0 Å². The summed E-state index contributed by atoms with van der Waals surface area (Å²) in [4.78, 5) is 12.2. The largest absolute Gasteiger partial charge is 0.444 e. The summed E-state index contributed by atoms with van der Waals surface area (Å²) in [5.41, 5.74) is 0.427. The van der Waals surface area contributed by atoms with E-state index < -0.39 is 5.60 Å². The van der Waals surface area contributed by atoms with Crippen LogP contribution in [0.2, 0.25) is 0 Å². The van der Waals surface area contributed by atoms with Crippen LogP contribution in [-0.2, 0) is 18.3 Å². The summed E-state index contributed by atoms with van der Waals surface area (Å²) in [6.45, 7) is 7.24. The number of amides is 1. The number of carbonyl (C=O) groups is 1. The van der Waals surface area contributed by atoms with Gasteiger partial charge in [-0.3, -0.25) is 4.68 Å². The molecule has 2 rings (SSSR count). The lowest BCUT2D eigenvalue weighted by atomic mass is 9.79. The van der Waals surface area contributed by atoms with Crippen molar-refractivity contribution in [3.63, 3.8) is 0 Å². The van der Waals surface area contributed by atoms with E-state index in [-0.39, 0.29) is 11.6 Å². The Morgan fingerprint density at radius 1 is 1.33 bits per heavy atom. The molecule has 0 atom stereocenters. The van der Waals surface area contributed by atoms with Crippen molar-refractivity contribution in [1.29, 1.82) is 0 Å². The maximum absolute atomic E-state index is 12.2. The second-order valence-corrected chi connectivity index (χ2v) is 7.74. The summed E-state index contributed by atoms with van der Waals surface area (Å²) in [7, 11) is 1.89. The van der Waals surface area contributed by atoms with Gasteiger partial charge in [-0.2, -0.15) is 0 Å². The van der Waals surface area contributed by atoms with Crippen LogP contribution < -0.4 is 10.6 Å². The van der Waals surface area contributed by atoms with Crippen LogP contribution >= 0.6 is 0 Å². The average molecular weight is 337 g/mol. The Balaban J connectivity index is 1.85. The highest BCUT2D eigenvalue weighted by Gasteiger charge is 2.34. The standard InChI is InChI=1S/C17H31N5O2/c1-16(2,3)24-15(23)20-17(8-6-5-7-9-17)10-11-18-12-14-13-19-21-22(14)4/h13,18H,5-12H2,1-4H3,(H,20,23). The third-order valence-electron chi connectivity index (χ3n) is 4.47. The zero-order valence-electron chi connectivity index (χ0n) is 15.4. The Morgan fingerprint density at radius 2 is 2.04 bits per heavy atom. The fourth-order valence-corrected chi connectivity index (χ4v) is 3.20. The quantitative estimate of drug-likeness (QED) is 0.780.